The van der Waals surface area contributed by atoms with E-state index in [1.807, 2.05) is 35.2 Å². The summed E-state index contributed by atoms with van der Waals surface area (Å²) in [5.41, 5.74) is 1.60. The number of nitrogens with zero attached hydrogens (tertiary/aromatic N) is 3. The molecule has 0 aliphatic carbocycles. The van der Waals surface area contributed by atoms with Crippen LogP contribution in [0.2, 0.25) is 0 Å². The third kappa shape index (κ3) is 5.11. The number of hydrogen-bond acceptors (Lipinski definition) is 6. The van der Waals surface area contributed by atoms with Gasteiger partial charge in [0.1, 0.15) is 29.3 Å². The van der Waals surface area contributed by atoms with Gasteiger partial charge in [-0.25, -0.2) is 9.97 Å². The lowest BCUT2D eigenvalue weighted by atomic mass is 10.0. The number of ether oxygens (including phenoxy) is 1. The zero-order valence-corrected chi connectivity index (χ0v) is 21.2. The first-order valence-corrected chi connectivity index (χ1v) is 13.0. The average Bonchev–Trinajstić information content (AvgIpc) is 3.37. The topological polar surface area (TPSA) is 100 Å². The van der Waals surface area contributed by atoms with Crippen molar-refractivity contribution in [2.75, 3.05) is 23.7 Å². The molecule has 0 saturated carbocycles. The largest absolute Gasteiger partial charge is 0.457 e. The van der Waals surface area contributed by atoms with Crippen LogP contribution in [0.15, 0.2) is 67.1 Å². The van der Waals surface area contributed by atoms with Crippen LogP contribution in [0.4, 0.5) is 5.82 Å². The molecule has 1 atom stereocenters. The zero-order chi connectivity index (χ0) is 24.9. The number of rotatable bonds is 8. The molecule has 1 unspecified atom stereocenters. The Bertz CT molecular complexity index is 1360. The monoisotopic (exact) mass is 547 g/mol. The second kappa shape index (κ2) is 10.9. The highest BCUT2D eigenvalue weighted by Crippen LogP contribution is 2.28. The Hall–Kier alpha value is -3.72. The lowest BCUT2D eigenvalue weighted by Crippen LogP contribution is -2.47. The van der Waals surface area contributed by atoms with Crippen LogP contribution < -0.4 is 10.1 Å². The first-order valence-electron chi connectivity index (χ1n) is 11.9. The number of nitrogens with one attached hydrogen (secondary N) is 2. The number of benzene rings is 2. The molecule has 36 heavy (non-hydrogen) atoms. The van der Waals surface area contributed by atoms with Crippen LogP contribution in [0.5, 0.6) is 11.5 Å². The highest BCUT2D eigenvalue weighted by molar-refractivity contribution is 9.09. The van der Waals surface area contributed by atoms with Gasteiger partial charge in [0.15, 0.2) is 5.78 Å². The summed E-state index contributed by atoms with van der Waals surface area (Å²) in [6.45, 7) is 1.31. The minimum atomic E-state index is -0.140. The van der Waals surface area contributed by atoms with Crippen molar-refractivity contribution in [1.82, 2.24) is 19.9 Å². The molecule has 4 aromatic rings. The number of aromatic nitrogens is 3. The lowest BCUT2D eigenvalue weighted by Gasteiger charge is -2.35. The van der Waals surface area contributed by atoms with Gasteiger partial charge < -0.3 is 19.9 Å². The third-order valence-corrected chi connectivity index (χ3v) is 6.86. The van der Waals surface area contributed by atoms with Gasteiger partial charge in [0, 0.05) is 30.9 Å². The Morgan fingerprint density at radius 1 is 1.06 bits per heavy atom. The molecule has 2 aromatic heterocycles. The van der Waals surface area contributed by atoms with Crippen LogP contribution in [0, 0.1) is 0 Å². The van der Waals surface area contributed by atoms with Crippen LogP contribution in [-0.4, -0.2) is 56.0 Å². The van der Waals surface area contributed by atoms with Crippen molar-refractivity contribution in [3.8, 4) is 11.5 Å². The van der Waals surface area contributed by atoms with E-state index in [0.717, 1.165) is 31.6 Å². The predicted molar refractivity (Wildman–Crippen MR) is 142 cm³/mol. The van der Waals surface area contributed by atoms with Crippen molar-refractivity contribution < 1.29 is 14.3 Å². The maximum atomic E-state index is 13.4. The molecule has 1 amide bonds. The first kappa shape index (κ1) is 24.0. The van der Waals surface area contributed by atoms with Gasteiger partial charge >= 0.3 is 0 Å². The normalized spacial score (nSPS) is 15.6. The maximum Gasteiger partial charge on any atom is 0.233 e. The molecule has 5 rings (SSSR count). The molecule has 1 saturated heterocycles. The SMILES string of the molecule is O=C(c1ccc(Oc2ccccc2)cc1)c1c[nH]c2ncnc(NCC3CCCCN3C(=O)CBr)c12. The summed E-state index contributed by atoms with van der Waals surface area (Å²) in [4.78, 5) is 39.5. The molecule has 184 valence electrons. The molecule has 0 spiro atoms. The molecule has 0 radical (unpaired) electrons. The summed E-state index contributed by atoms with van der Waals surface area (Å²) in [5.74, 6) is 1.91. The minimum Gasteiger partial charge on any atom is -0.457 e. The number of carbonyl (C=O) groups excluding carboxylic acids is 2. The van der Waals surface area contributed by atoms with Crippen molar-refractivity contribution in [2.45, 2.75) is 25.3 Å². The highest BCUT2D eigenvalue weighted by atomic mass is 79.9. The van der Waals surface area contributed by atoms with Crippen molar-refractivity contribution in [3.05, 3.63) is 78.2 Å². The summed E-state index contributed by atoms with van der Waals surface area (Å²) < 4.78 is 5.84. The van der Waals surface area contributed by atoms with Crippen LogP contribution >= 0.6 is 15.9 Å². The number of piperidine rings is 1. The molecular formula is C27H26BrN5O3. The maximum absolute atomic E-state index is 13.4. The number of hydrogen-bond donors (Lipinski definition) is 2. The number of ketones is 1. The van der Waals surface area contributed by atoms with Crippen molar-refractivity contribution in [1.29, 1.82) is 0 Å². The number of likely N-dealkylation sites (tertiary alicyclic amines) is 1. The van der Waals surface area contributed by atoms with Crippen molar-refractivity contribution >= 4 is 44.5 Å². The van der Waals surface area contributed by atoms with E-state index in [0.29, 0.717) is 45.6 Å². The van der Waals surface area contributed by atoms with Crippen LogP contribution in [-0.2, 0) is 4.79 Å². The van der Waals surface area contributed by atoms with Crippen LogP contribution in [0.1, 0.15) is 35.2 Å². The van der Waals surface area contributed by atoms with Gasteiger partial charge in [0.2, 0.25) is 5.91 Å². The van der Waals surface area contributed by atoms with E-state index in [1.54, 1.807) is 30.5 Å². The predicted octanol–water partition coefficient (Wildman–Crippen LogP) is 5.17. The number of aromatic amines is 1. The number of halogens is 1. The molecule has 0 bridgehead atoms. The number of carbonyl (C=O) groups is 2. The van der Waals surface area contributed by atoms with E-state index in [1.165, 1.54) is 6.33 Å². The molecule has 2 aromatic carbocycles. The minimum absolute atomic E-state index is 0.0732. The first-order chi connectivity index (χ1) is 17.6. The molecule has 1 aliphatic rings. The molecule has 8 nitrogen and oxygen atoms in total. The molecule has 3 heterocycles. The van der Waals surface area contributed by atoms with E-state index in [9.17, 15) is 9.59 Å². The molecular weight excluding hydrogens is 522 g/mol. The number of fused-ring (bicyclic) bond motifs is 1. The summed E-state index contributed by atoms with van der Waals surface area (Å²) in [5, 5.41) is 4.34. The van der Waals surface area contributed by atoms with Gasteiger partial charge in [-0.1, -0.05) is 34.1 Å². The molecule has 9 heteroatoms. The van der Waals surface area contributed by atoms with E-state index in [-0.39, 0.29) is 17.7 Å². The van der Waals surface area contributed by atoms with E-state index < -0.39 is 0 Å². The Morgan fingerprint density at radius 3 is 2.61 bits per heavy atom. The third-order valence-electron chi connectivity index (χ3n) is 6.38. The van der Waals surface area contributed by atoms with Gasteiger partial charge in [0.05, 0.1) is 16.3 Å². The summed E-state index contributed by atoms with van der Waals surface area (Å²) in [6.07, 6.45) is 6.15. The fourth-order valence-electron chi connectivity index (χ4n) is 4.56. The van der Waals surface area contributed by atoms with Gasteiger partial charge in [-0.05, 0) is 55.7 Å². The van der Waals surface area contributed by atoms with Gasteiger partial charge in [-0.2, -0.15) is 0 Å². The van der Waals surface area contributed by atoms with Gasteiger partial charge in [-0.15, -0.1) is 0 Å². The smallest absolute Gasteiger partial charge is 0.233 e. The quantitative estimate of drug-likeness (QED) is 0.233. The van der Waals surface area contributed by atoms with Gasteiger partial charge in [-0.3, -0.25) is 9.59 Å². The molecule has 2 N–H and O–H groups in total. The van der Waals surface area contributed by atoms with Crippen LogP contribution in [0.3, 0.4) is 0 Å². The molecule has 1 aliphatic heterocycles. The highest BCUT2D eigenvalue weighted by Gasteiger charge is 2.26. The average molecular weight is 548 g/mol. The second-order valence-electron chi connectivity index (χ2n) is 8.67. The number of amides is 1. The van der Waals surface area contributed by atoms with Crippen molar-refractivity contribution in [2.24, 2.45) is 0 Å². The Kier molecular flexibility index (Phi) is 7.27. The summed E-state index contributed by atoms with van der Waals surface area (Å²) in [6, 6.07) is 16.6. The van der Waals surface area contributed by atoms with E-state index in [4.69, 9.17) is 4.74 Å². The number of anilines is 1. The Morgan fingerprint density at radius 2 is 1.83 bits per heavy atom. The summed E-state index contributed by atoms with van der Waals surface area (Å²) >= 11 is 3.29. The zero-order valence-electron chi connectivity index (χ0n) is 19.6. The Balaban J connectivity index is 1.35. The molecule has 1 fully saturated rings. The van der Waals surface area contributed by atoms with Gasteiger partial charge in [0.25, 0.3) is 0 Å². The van der Waals surface area contributed by atoms with Crippen LogP contribution in [0.25, 0.3) is 11.0 Å². The van der Waals surface area contributed by atoms with E-state index in [2.05, 4.69) is 36.2 Å². The number of para-hydroxylation sites is 1. The second-order valence-corrected chi connectivity index (χ2v) is 9.23. The lowest BCUT2D eigenvalue weighted by molar-refractivity contribution is -0.131. The fraction of sp³-hybridized carbons (Fsp3) is 0.259. The summed E-state index contributed by atoms with van der Waals surface area (Å²) in [7, 11) is 0. The number of H-pyrrole nitrogens is 1. The van der Waals surface area contributed by atoms with E-state index >= 15 is 0 Å². The van der Waals surface area contributed by atoms with Crippen molar-refractivity contribution in [3.63, 3.8) is 0 Å². The Labute approximate surface area is 217 Å². The number of alkyl halides is 1. The fourth-order valence-corrected chi connectivity index (χ4v) is 4.88. The standard InChI is InChI=1S/C27H26BrN5O3/c28-14-23(34)33-13-5-4-6-19(33)15-29-26-24-22(16-30-27(24)32-17-31-26)25(35)18-9-11-21(12-10-18)36-20-7-2-1-3-8-20/h1-3,7-12,16-17,19H,4-6,13-15H2,(H2,29,30,31,32).